The van der Waals surface area contributed by atoms with Crippen molar-refractivity contribution in [2.45, 2.75) is 39.7 Å². The molecular formula is C20H23NO4. The molecule has 2 atom stereocenters. The van der Waals surface area contributed by atoms with Gasteiger partial charge in [-0.25, -0.2) is 4.79 Å². The first-order valence-corrected chi connectivity index (χ1v) is 8.15. The van der Waals surface area contributed by atoms with Crippen LogP contribution >= 0.6 is 0 Å². The van der Waals surface area contributed by atoms with Crippen molar-refractivity contribution >= 4 is 17.6 Å². The van der Waals surface area contributed by atoms with E-state index in [-0.39, 0.29) is 11.8 Å². The minimum absolute atomic E-state index is 0.134. The van der Waals surface area contributed by atoms with Crippen molar-refractivity contribution in [3.8, 4) is 5.75 Å². The average molecular weight is 341 g/mol. The fourth-order valence-electron chi connectivity index (χ4n) is 2.30. The Kier molecular flexibility index (Phi) is 5.80. The van der Waals surface area contributed by atoms with Gasteiger partial charge in [0.1, 0.15) is 5.75 Å². The van der Waals surface area contributed by atoms with Crippen molar-refractivity contribution < 1.29 is 19.4 Å². The zero-order valence-electron chi connectivity index (χ0n) is 14.9. The molecule has 0 aliphatic carbocycles. The van der Waals surface area contributed by atoms with Gasteiger partial charge >= 0.3 is 5.97 Å². The number of rotatable bonds is 6. The Labute approximate surface area is 147 Å². The Morgan fingerprint density at radius 3 is 2.28 bits per heavy atom. The van der Waals surface area contributed by atoms with Gasteiger partial charge < -0.3 is 15.2 Å². The summed E-state index contributed by atoms with van der Waals surface area (Å²) in [5, 5.41) is 11.8. The molecular weight excluding hydrogens is 318 g/mol. The third kappa shape index (κ3) is 4.83. The first-order chi connectivity index (χ1) is 11.8. The van der Waals surface area contributed by atoms with E-state index in [1.54, 1.807) is 18.2 Å². The summed E-state index contributed by atoms with van der Waals surface area (Å²) >= 11 is 0. The maximum atomic E-state index is 12.5. The number of aryl methyl sites for hydroxylation is 2. The normalized spacial score (nSPS) is 13.0. The highest BCUT2D eigenvalue weighted by atomic mass is 16.5. The van der Waals surface area contributed by atoms with Gasteiger partial charge in [-0.3, -0.25) is 4.79 Å². The highest BCUT2D eigenvalue weighted by Gasteiger charge is 2.17. The zero-order valence-corrected chi connectivity index (χ0v) is 14.9. The van der Waals surface area contributed by atoms with Crippen molar-refractivity contribution in [2.75, 3.05) is 5.32 Å². The molecule has 2 N–H and O–H groups in total. The van der Waals surface area contributed by atoms with Crippen LogP contribution in [0, 0.1) is 13.8 Å². The molecule has 2 aromatic carbocycles. The first kappa shape index (κ1) is 18.5. The molecule has 5 heteroatoms. The fourth-order valence-corrected chi connectivity index (χ4v) is 2.30. The Morgan fingerprint density at radius 2 is 1.68 bits per heavy atom. The lowest BCUT2D eigenvalue weighted by Gasteiger charge is -2.16. The van der Waals surface area contributed by atoms with E-state index in [1.165, 1.54) is 6.92 Å². The van der Waals surface area contributed by atoms with Gasteiger partial charge in [-0.1, -0.05) is 35.9 Å². The molecule has 5 nitrogen and oxygen atoms in total. The lowest BCUT2D eigenvalue weighted by Crippen LogP contribution is -2.23. The van der Waals surface area contributed by atoms with Gasteiger partial charge in [0.25, 0.3) is 0 Å². The molecule has 0 spiro atoms. The maximum Gasteiger partial charge on any atom is 0.344 e. The Hall–Kier alpha value is -2.82. The minimum Gasteiger partial charge on any atom is -0.479 e. The van der Waals surface area contributed by atoms with Gasteiger partial charge in [0.2, 0.25) is 5.91 Å². The SMILES string of the molecule is Cc1ccc([C@@H](C)C(=O)Nc2ccc(C)c(O[C@H](C)C(=O)O)c2)cc1. The largest absolute Gasteiger partial charge is 0.479 e. The van der Waals surface area contributed by atoms with Crippen LogP contribution in [0.3, 0.4) is 0 Å². The average Bonchev–Trinajstić information content (AvgIpc) is 2.57. The van der Waals surface area contributed by atoms with E-state index < -0.39 is 12.1 Å². The first-order valence-electron chi connectivity index (χ1n) is 8.15. The lowest BCUT2D eigenvalue weighted by atomic mass is 9.99. The van der Waals surface area contributed by atoms with Gasteiger partial charge in [0.15, 0.2) is 6.10 Å². The van der Waals surface area contributed by atoms with E-state index in [4.69, 9.17) is 9.84 Å². The topological polar surface area (TPSA) is 75.6 Å². The Morgan fingerprint density at radius 1 is 1.04 bits per heavy atom. The summed E-state index contributed by atoms with van der Waals surface area (Å²) in [5.74, 6) is -1.04. The number of ether oxygens (including phenoxy) is 1. The van der Waals surface area contributed by atoms with Crippen molar-refractivity contribution in [3.63, 3.8) is 0 Å². The maximum absolute atomic E-state index is 12.5. The number of anilines is 1. The number of nitrogens with one attached hydrogen (secondary N) is 1. The van der Waals surface area contributed by atoms with Crippen molar-refractivity contribution in [2.24, 2.45) is 0 Å². The summed E-state index contributed by atoms with van der Waals surface area (Å²) in [6.45, 7) is 7.13. The van der Waals surface area contributed by atoms with Crippen LogP contribution in [0.15, 0.2) is 42.5 Å². The van der Waals surface area contributed by atoms with Crippen LogP contribution in [-0.4, -0.2) is 23.1 Å². The highest BCUT2D eigenvalue weighted by molar-refractivity contribution is 5.95. The number of carbonyl (C=O) groups excluding carboxylic acids is 1. The predicted molar refractivity (Wildman–Crippen MR) is 97.1 cm³/mol. The fraction of sp³-hybridized carbons (Fsp3) is 0.300. The molecule has 0 unspecified atom stereocenters. The molecule has 2 rings (SSSR count). The number of hydrogen-bond donors (Lipinski definition) is 2. The molecule has 2 aromatic rings. The lowest BCUT2D eigenvalue weighted by molar-refractivity contribution is -0.144. The van der Waals surface area contributed by atoms with E-state index in [0.717, 1.165) is 16.7 Å². The zero-order chi connectivity index (χ0) is 18.6. The van der Waals surface area contributed by atoms with Crippen LogP contribution in [0.4, 0.5) is 5.69 Å². The molecule has 0 bridgehead atoms. The summed E-state index contributed by atoms with van der Waals surface area (Å²) in [4.78, 5) is 23.4. The second kappa shape index (κ2) is 7.83. The summed E-state index contributed by atoms with van der Waals surface area (Å²) < 4.78 is 5.44. The van der Waals surface area contributed by atoms with Crippen LogP contribution in [0.25, 0.3) is 0 Å². The highest BCUT2D eigenvalue weighted by Crippen LogP contribution is 2.25. The van der Waals surface area contributed by atoms with Gasteiger partial charge in [-0.05, 0) is 44.9 Å². The smallest absolute Gasteiger partial charge is 0.344 e. The van der Waals surface area contributed by atoms with Gasteiger partial charge in [-0.2, -0.15) is 0 Å². The minimum atomic E-state index is -1.04. The monoisotopic (exact) mass is 341 g/mol. The number of amides is 1. The van der Waals surface area contributed by atoms with E-state index in [2.05, 4.69) is 5.32 Å². The van der Waals surface area contributed by atoms with Gasteiger partial charge in [-0.15, -0.1) is 0 Å². The van der Waals surface area contributed by atoms with Crippen LogP contribution in [-0.2, 0) is 9.59 Å². The van der Waals surface area contributed by atoms with Crippen LogP contribution in [0.2, 0.25) is 0 Å². The third-order valence-electron chi connectivity index (χ3n) is 4.08. The second-order valence-electron chi connectivity index (χ2n) is 6.20. The predicted octanol–water partition coefficient (Wildman–Crippen LogP) is 3.90. The summed E-state index contributed by atoms with van der Waals surface area (Å²) in [6, 6.07) is 13.0. The molecule has 0 radical (unpaired) electrons. The Bertz CT molecular complexity index is 768. The molecule has 1 amide bonds. The molecule has 0 saturated heterocycles. The van der Waals surface area contributed by atoms with Crippen molar-refractivity contribution in [1.29, 1.82) is 0 Å². The van der Waals surface area contributed by atoms with E-state index in [9.17, 15) is 9.59 Å². The number of aliphatic carboxylic acids is 1. The third-order valence-corrected chi connectivity index (χ3v) is 4.08. The van der Waals surface area contributed by atoms with E-state index >= 15 is 0 Å². The molecule has 0 heterocycles. The van der Waals surface area contributed by atoms with Crippen LogP contribution in [0.1, 0.15) is 36.5 Å². The van der Waals surface area contributed by atoms with Gasteiger partial charge in [0.05, 0.1) is 5.92 Å². The number of carboxylic acids is 1. The number of benzene rings is 2. The van der Waals surface area contributed by atoms with E-state index in [1.807, 2.05) is 45.0 Å². The molecule has 0 aliphatic rings. The second-order valence-corrected chi connectivity index (χ2v) is 6.20. The summed E-state index contributed by atoms with van der Waals surface area (Å²) in [7, 11) is 0. The Balaban J connectivity index is 2.12. The summed E-state index contributed by atoms with van der Waals surface area (Å²) in [5.41, 5.74) is 3.45. The molecule has 132 valence electrons. The van der Waals surface area contributed by atoms with Crippen LogP contribution < -0.4 is 10.1 Å². The van der Waals surface area contributed by atoms with Crippen molar-refractivity contribution in [3.05, 3.63) is 59.2 Å². The molecule has 25 heavy (non-hydrogen) atoms. The molecule has 0 saturated carbocycles. The summed E-state index contributed by atoms with van der Waals surface area (Å²) in [6.07, 6.45) is -0.962. The number of hydrogen-bond acceptors (Lipinski definition) is 3. The standard InChI is InChI=1S/C20H23NO4/c1-12-5-8-16(9-6-12)14(3)19(22)21-17-10-7-13(2)18(11-17)25-15(4)20(23)24/h5-11,14-15H,1-4H3,(H,21,22)(H,23,24)/t14-,15-/m1/s1. The quantitative estimate of drug-likeness (QED) is 0.835. The molecule has 0 fully saturated rings. The molecule has 0 aliphatic heterocycles. The number of carboxylic acid groups (broad SMARTS) is 1. The molecule has 0 aromatic heterocycles. The van der Waals surface area contributed by atoms with E-state index in [0.29, 0.717) is 11.4 Å². The number of carbonyl (C=O) groups is 2. The van der Waals surface area contributed by atoms with Gasteiger partial charge in [0, 0.05) is 11.8 Å². The van der Waals surface area contributed by atoms with Crippen LogP contribution in [0.5, 0.6) is 5.75 Å². The van der Waals surface area contributed by atoms with Crippen molar-refractivity contribution in [1.82, 2.24) is 0 Å².